The minimum Gasteiger partial charge on any atom is -0.360 e. The lowest BCUT2D eigenvalue weighted by atomic mass is 10.0. The van der Waals surface area contributed by atoms with Crippen LogP contribution in [0.3, 0.4) is 0 Å². The number of nitrogens with zero attached hydrogens (tertiary/aromatic N) is 4. The van der Waals surface area contributed by atoms with E-state index in [2.05, 4.69) is 16.1 Å². The van der Waals surface area contributed by atoms with E-state index in [1.807, 2.05) is 48.8 Å². The van der Waals surface area contributed by atoms with E-state index in [4.69, 9.17) is 4.52 Å². The smallest absolute Gasteiger partial charge is 0.259 e. The molecule has 0 unspecified atom stereocenters. The van der Waals surface area contributed by atoms with Crippen LogP contribution in [0.1, 0.15) is 47.1 Å². The predicted octanol–water partition coefficient (Wildman–Crippen LogP) is 2.45. The molecule has 1 aromatic carbocycles. The zero-order chi connectivity index (χ0) is 20.5. The van der Waals surface area contributed by atoms with Crippen LogP contribution in [0.25, 0.3) is 0 Å². The summed E-state index contributed by atoms with van der Waals surface area (Å²) in [6.45, 7) is 9.53. The molecule has 4 rings (SSSR count). The Balaban J connectivity index is 1.35. The maximum absolute atomic E-state index is 13.0. The van der Waals surface area contributed by atoms with Crippen LogP contribution >= 0.6 is 0 Å². The summed E-state index contributed by atoms with van der Waals surface area (Å²) in [5.41, 5.74) is 3.51. The molecule has 0 aliphatic carbocycles. The minimum atomic E-state index is -0.0214. The number of amides is 2. The highest BCUT2D eigenvalue weighted by Crippen LogP contribution is 2.28. The third kappa shape index (κ3) is 3.79. The Morgan fingerprint density at radius 2 is 1.83 bits per heavy atom. The summed E-state index contributed by atoms with van der Waals surface area (Å²) in [7, 11) is 0. The van der Waals surface area contributed by atoms with Gasteiger partial charge < -0.3 is 14.3 Å². The van der Waals surface area contributed by atoms with Crippen molar-refractivity contribution in [2.24, 2.45) is 0 Å². The van der Waals surface area contributed by atoms with Gasteiger partial charge in [0.25, 0.3) is 5.91 Å². The number of piperazine rings is 1. The molecule has 2 aliphatic heterocycles. The highest BCUT2D eigenvalue weighted by atomic mass is 16.5. The number of anilines is 1. The van der Waals surface area contributed by atoms with Crippen LogP contribution in [0.5, 0.6) is 0 Å². The lowest BCUT2D eigenvalue weighted by Crippen LogP contribution is -2.51. The number of aromatic nitrogens is 1. The molecule has 7 nitrogen and oxygen atoms in total. The van der Waals surface area contributed by atoms with Gasteiger partial charge in [-0.2, -0.15) is 0 Å². The van der Waals surface area contributed by atoms with Crippen LogP contribution in [-0.2, 0) is 11.2 Å². The number of para-hydroxylation sites is 1. The molecule has 2 aromatic rings. The molecule has 2 amide bonds. The number of carbonyl (C=O) groups is 2. The van der Waals surface area contributed by atoms with Gasteiger partial charge in [-0.25, -0.2) is 0 Å². The fourth-order valence-corrected chi connectivity index (χ4v) is 4.18. The molecule has 0 spiro atoms. The van der Waals surface area contributed by atoms with E-state index >= 15 is 0 Å². The Hall–Kier alpha value is -2.67. The minimum absolute atomic E-state index is 0.0214. The van der Waals surface area contributed by atoms with Gasteiger partial charge in [0.15, 0.2) is 5.76 Å². The van der Waals surface area contributed by atoms with Crippen molar-refractivity contribution in [1.29, 1.82) is 0 Å². The largest absolute Gasteiger partial charge is 0.360 e. The van der Waals surface area contributed by atoms with Crippen molar-refractivity contribution in [3.63, 3.8) is 0 Å². The fourth-order valence-electron chi connectivity index (χ4n) is 4.18. The first-order valence-corrected chi connectivity index (χ1v) is 10.3. The van der Waals surface area contributed by atoms with Gasteiger partial charge in [0.05, 0.1) is 12.2 Å². The number of fused-ring (bicyclic) bond motifs is 1. The third-order valence-corrected chi connectivity index (χ3v) is 5.83. The van der Waals surface area contributed by atoms with Crippen LogP contribution in [0.15, 0.2) is 28.8 Å². The SMILES string of the molecule is Cc1noc(C(C)C)c1C(=O)N1CCN(CC(=O)N2CCc3ccccc32)CC1. The standard InChI is InChI=1S/C22H28N4O3/c1-15(2)21-20(16(3)23-29-21)22(28)25-12-10-24(11-13-25)14-19(27)26-9-8-17-6-4-5-7-18(17)26/h4-7,15H,8-14H2,1-3H3. The number of carbonyl (C=O) groups excluding carboxylic acids is 2. The average molecular weight is 396 g/mol. The number of rotatable bonds is 4. The van der Waals surface area contributed by atoms with E-state index in [0.717, 1.165) is 18.7 Å². The van der Waals surface area contributed by atoms with Gasteiger partial charge >= 0.3 is 0 Å². The summed E-state index contributed by atoms with van der Waals surface area (Å²) < 4.78 is 5.37. The summed E-state index contributed by atoms with van der Waals surface area (Å²) in [6, 6.07) is 8.10. The lowest BCUT2D eigenvalue weighted by molar-refractivity contribution is -0.120. The maximum atomic E-state index is 13.0. The van der Waals surface area contributed by atoms with Crippen LogP contribution in [0.4, 0.5) is 5.69 Å². The second-order valence-electron chi connectivity index (χ2n) is 8.15. The van der Waals surface area contributed by atoms with Crippen molar-refractivity contribution in [3.8, 4) is 0 Å². The maximum Gasteiger partial charge on any atom is 0.259 e. The van der Waals surface area contributed by atoms with Crippen LogP contribution in [0.2, 0.25) is 0 Å². The van der Waals surface area contributed by atoms with E-state index in [0.29, 0.717) is 49.7 Å². The van der Waals surface area contributed by atoms with Crippen LogP contribution < -0.4 is 4.90 Å². The van der Waals surface area contributed by atoms with Crippen molar-refractivity contribution in [2.75, 3.05) is 44.2 Å². The molecule has 0 atom stereocenters. The van der Waals surface area contributed by atoms with Gasteiger partial charge in [-0.15, -0.1) is 0 Å². The zero-order valence-electron chi connectivity index (χ0n) is 17.4. The molecule has 1 fully saturated rings. The molecule has 7 heteroatoms. The van der Waals surface area contributed by atoms with Gasteiger partial charge in [-0.1, -0.05) is 37.2 Å². The molecule has 3 heterocycles. The average Bonchev–Trinajstić information content (AvgIpc) is 3.31. The molecule has 0 N–H and O–H groups in total. The first-order valence-electron chi connectivity index (χ1n) is 10.3. The molecule has 154 valence electrons. The summed E-state index contributed by atoms with van der Waals surface area (Å²) in [6.07, 6.45) is 0.917. The monoisotopic (exact) mass is 396 g/mol. The van der Waals surface area contributed by atoms with E-state index < -0.39 is 0 Å². The van der Waals surface area contributed by atoms with E-state index in [9.17, 15) is 9.59 Å². The van der Waals surface area contributed by atoms with Crippen LogP contribution in [-0.4, -0.2) is 66.0 Å². The molecule has 1 saturated heterocycles. The molecule has 0 radical (unpaired) electrons. The quantitative estimate of drug-likeness (QED) is 0.794. The zero-order valence-corrected chi connectivity index (χ0v) is 17.4. The highest BCUT2D eigenvalue weighted by Gasteiger charge is 2.31. The van der Waals surface area contributed by atoms with Gasteiger partial charge in [0.1, 0.15) is 5.56 Å². The number of benzene rings is 1. The summed E-state index contributed by atoms with van der Waals surface area (Å²) in [5.74, 6) is 0.869. The van der Waals surface area contributed by atoms with E-state index in [1.165, 1.54) is 5.56 Å². The number of aryl methyl sites for hydroxylation is 1. The Morgan fingerprint density at radius 3 is 2.55 bits per heavy atom. The van der Waals surface area contributed by atoms with Gasteiger partial charge in [-0.05, 0) is 25.0 Å². The lowest BCUT2D eigenvalue weighted by Gasteiger charge is -2.35. The summed E-state index contributed by atoms with van der Waals surface area (Å²) in [4.78, 5) is 31.7. The molecule has 0 bridgehead atoms. The van der Waals surface area contributed by atoms with Gasteiger partial charge in [0.2, 0.25) is 5.91 Å². The Bertz CT molecular complexity index is 913. The molecular weight excluding hydrogens is 368 g/mol. The van der Waals surface area contributed by atoms with E-state index in [1.54, 1.807) is 0 Å². The molecule has 1 aromatic heterocycles. The van der Waals surface area contributed by atoms with Gasteiger partial charge in [0, 0.05) is 44.3 Å². The van der Waals surface area contributed by atoms with Crippen molar-refractivity contribution in [3.05, 3.63) is 46.8 Å². The van der Waals surface area contributed by atoms with Gasteiger partial charge in [-0.3, -0.25) is 14.5 Å². The highest BCUT2D eigenvalue weighted by molar-refractivity contribution is 5.97. The topological polar surface area (TPSA) is 69.9 Å². The summed E-state index contributed by atoms with van der Waals surface area (Å²) in [5, 5.41) is 3.99. The first kappa shape index (κ1) is 19.6. The molecule has 29 heavy (non-hydrogen) atoms. The molecule has 0 saturated carbocycles. The number of hydrogen-bond donors (Lipinski definition) is 0. The summed E-state index contributed by atoms with van der Waals surface area (Å²) >= 11 is 0. The van der Waals surface area contributed by atoms with E-state index in [-0.39, 0.29) is 17.7 Å². The predicted molar refractivity (Wildman–Crippen MR) is 110 cm³/mol. The third-order valence-electron chi connectivity index (χ3n) is 5.83. The van der Waals surface area contributed by atoms with Crippen molar-refractivity contribution in [1.82, 2.24) is 15.0 Å². The normalized spacial score (nSPS) is 17.1. The van der Waals surface area contributed by atoms with Crippen LogP contribution in [0, 0.1) is 6.92 Å². The Kier molecular flexibility index (Phi) is 5.41. The first-order chi connectivity index (χ1) is 14.0. The Morgan fingerprint density at radius 1 is 1.10 bits per heavy atom. The van der Waals surface area contributed by atoms with Crippen molar-refractivity contribution < 1.29 is 14.1 Å². The van der Waals surface area contributed by atoms with Crippen molar-refractivity contribution in [2.45, 2.75) is 33.1 Å². The number of hydrogen-bond acceptors (Lipinski definition) is 5. The molecular formula is C22H28N4O3. The second-order valence-corrected chi connectivity index (χ2v) is 8.15. The Labute approximate surface area is 171 Å². The fraction of sp³-hybridized carbons (Fsp3) is 0.500. The molecule has 2 aliphatic rings. The second kappa shape index (κ2) is 7.99. The van der Waals surface area contributed by atoms with Crippen molar-refractivity contribution >= 4 is 17.5 Å².